The number of hydrogen-bond acceptors (Lipinski definition) is 6. The van der Waals surface area contributed by atoms with Crippen molar-refractivity contribution in [2.45, 2.75) is 6.92 Å². The van der Waals surface area contributed by atoms with E-state index in [4.69, 9.17) is 14.2 Å². The maximum atomic E-state index is 12.1. The average Bonchev–Trinajstić information content (AvgIpc) is 2.86. The number of carbonyl (C=O) groups is 3. The lowest BCUT2D eigenvalue weighted by molar-refractivity contribution is -0.140. The van der Waals surface area contributed by atoms with Crippen LogP contribution in [0.2, 0.25) is 0 Å². The highest BCUT2D eigenvalue weighted by atomic mass is 16.6. The van der Waals surface area contributed by atoms with Gasteiger partial charge in [0.05, 0.1) is 5.56 Å². The van der Waals surface area contributed by atoms with Crippen molar-refractivity contribution in [3.63, 3.8) is 0 Å². The molecule has 6 heteroatoms. The molecule has 3 aromatic carbocycles. The van der Waals surface area contributed by atoms with Gasteiger partial charge in [0, 0.05) is 11.6 Å². The Morgan fingerprint density at radius 3 is 2.06 bits per heavy atom. The van der Waals surface area contributed by atoms with Gasteiger partial charge in [0.2, 0.25) is 0 Å². The minimum absolute atomic E-state index is 0.0611. The first kappa shape index (κ1) is 24.2. The molecule has 0 aliphatic rings. The Morgan fingerprint density at radius 1 is 0.794 bits per heavy atom. The van der Waals surface area contributed by atoms with Crippen molar-refractivity contribution in [2.24, 2.45) is 0 Å². The van der Waals surface area contributed by atoms with Crippen molar-refractivity contribution in [2.75, 3.05) is 13.2 Å². The number of hydrogen-bond donors (Lipinski definition) is 0. The topological polar surface area (TPSA) is 78.9 Å². The van der Waals surface area contributed by atoms with Crippen LogP contribution in [0.15, 0.2) is 97.1 Å². The molecular formula is C28H24O6. The van der Waals surface area contributed by atoms with Crippen molar-refractivity contribution in [3.05, 3.63) is 108 Å². The van der Waals surface area contributed by atoms with Crippen LogP contribution < -0.4 is 4.74 Å². The van der Waals surface area contributed by atoms with E-state index in [2.05, 4.69) is 6.58 Å². The summed E-state index contributed by atoms with van der Waals surface area (Å²) in [7, 11) is 0. The summed E-state index contributed by atoms with van der Waals surface area (Å²) in [6, 6.07) is 23.8. The highest BCUT2D eigenvalue weighted by Crippen LogP contribution is 2.20. The first-order valence-corrected chi connectivity index (χ1v) is 10.6. The number of esters is 3. The standard InChI is InChI=1S/C28H24O6/c1-20(2)27(30)32-18-19-33-28(31)24-13-15-25(16-14-24)34-26(29)17-10-21-8-11-23(12-9-21)22-6-4-3-5-7-22/h3-17H,1,18-19H2,2H3. The summed E-state index contributed by atoms with van der Waals surface area (Å²) in [5.41, 5.74) is 3.62. The maximum absolute atomic E-state index is 12.1. The van der Waals surface area contributed by atoms with Crippen LogP contribution in [0.25, 0.3) is 17.2 Å². The molecule has 0 atom stereocenters. The van der Waals surface area contributed by atoms with E-state index in [9.17, 15) is 14.4 Å². The Morgan fingerprint density at radius 2 is 1.41 bits per heavy atom. The molecule has 0 unspecified atom stereocenters. The summed E-state index contributed by atoms with van der Waals surface area (Å²) in [5.74, 6) is -1.37. The van der Waals surface area contributed by atoms with Crippen LogP contribution in [0.3, 0.4) is 0 Å². The number of ether oxygens (including phenoxy) is 3. The molecule has 0 amide bonds. The molecule has 3 rings (SSSR count). The van der Waals surface area contributed by atoms with Gasteiger partial charge in [0.1, 0.15) is 19.0 Å². The summed E-state index contributed by atoms with van der Waals surface area (Å²) < 4.78 is 15.2. The van der Waals surface area contributed by atoms with Gasteiger partial charge >= 0.3 is 17.9 Å². The second-order valence-electron chi connectivity index (χ2n) is 7.32. The first-order chi connectivity index (χ1) is 16.4. The quantitative estimate of drug-likeness (QED) is 0.189. The fraction of sp³-hybridized carbons (Fsp3) is 0.107. The lowest BCUT2D eigenvalue weighted by Gasteiger charge is -2.07. The van der Waals surface area contributed by atoms with E-state index in [1.807, 2.05) is 54.6 Å². The van der Waals surface area contributed by atoms with Gasteiger partial charge in [-0.25, -0.2) is 14.4 Å². The minimum atomic E-state index is -0.580. The van der Waals surface area contributed by atoms with Gasteiger partial charge in [-0.3, -0.25) is 0 Å². The predicted octanol–water partition coefficient (Wildman–Crippen LogP) is 5.25. The van der Waals surface area contributed by atoms with Crippen molar-refractivity contribution in [3.8, 4) is 16.9 Å². The van der Waals surface area contributed by atoms with Gasteiger partial charge < -0.3 is 14.2 Å². The molecule has 0 aliphatic heterocycles. The third-order valence-corrected chi connectivity index (χ3v) is 4.64. The van der Waals surface area contributed by atoms with Gasteiger partial charge in [0.25, 0.3) is 0 Å². The minimum Gasteiger partial charge on any atom is -0.459 e. The lowest BCUT2D eigenvalue weighted by Crippen LogP contribution is -2.14. The summed E-state index contributed by atoms with van der Waals surface area (Å²) in [4.78, 5) is 35.4. The van der Waals surface area contributed by atoms with E-state index in [1.165, 1.54) is 37.3 Å². The van der Waals surface area contributed by atoms with Crippen LogP contribution in [-0.4, -0.2) is 31.1 Å². The molecule has 0 heterocycles. The number of rotatable bonds is 9. The molecule has 0 saturated carbocycles. The zero-order valence-electron chi connectivity index (χ0n) is 18.7. The van der Waals surface area contributed by atoms with Crippen molar-refractivity contribution in [1.82, 2.24) is 0 Å². The van der Waals surface area contributed by atoms with Crippen molar-refractivity contribution in [1.29, 1.82) is 0 Å². The third-order valence-electron chi connectivity index (χ3n) is 4.64. The Balaban J connectivity index is 1.47. The molecule has 172 valence electrons. The lowest BCUT2D eigenvalue weighted by atomic mass is 10.0. The number of benzene rings is 3. The molecule has 0 bridgehead atoms. The second-order valence-corrected chi connectivity index (χ2v) is 7.32. The first-order valence-electron chi connectivity index (χ1n) is 10.6. The van der Waals surface area contributed by atoms with Gasteiger partial charge in [-0.15, -0.1) is 0 Å². The van der Waals surface area contributed by atoms with Crippen LogP contribution in [0.4, 0.5) is 0 Å². The smallest absolute Gasteiger partial charge is 0.338 e. The Bertz CT molecular complexity index is 1180. The fourth-order valence-electron chi connectivity index (χ4n) is 2.87. The summed E-state index contributed by atoms with van der Waals surface area (Å²) in [6.07, 6.45) is 3.01. The fourth-order valence-corrected chi connectivity index (χ4v) is 2.87. The van der Waals surface area contributed by atoms with E-state index in [0.717, 1.165) is 16.7 Å². The molecule has 0 saturated heterocycles. The van der Waals surface area contributed by atoms with Crippen molar-refractivity contribution >= 4 is 24.0 Å². The predicted molar refractivity (Wildman–Crippen MR) is 129 cm³/mol. The molecule has 0 aromatic heterocycles. The molecule has 34 heavy (non-hydrogen) atoms. The number of carbonyl (C=O) groups excluding carboxylic acids is 3. The van der Waals surface area contributed by atoms with Gasteiger partial charge in [-0.05, 0) is 54.0 Å². The van der Waals surface area contributed by atoms with Gasteiger partial charge in [-0.2, -0.15) is 0 Å². The molecule has 6 nitrogen and oxygen atoms in total. The van der Waals surface area contributed by atoms with E-state index in [1.54, 1.807) is 6.08 Å². The van der Waals surface area contributed by atoms with E-state index >= 15 is 0 Å². The average molecular weight is 456 g/mol. The summed E-state index contributed by atoms with van der Waals surface area (Å²) >= 11 is 0. The third kappa shape index (κ3) is 7.31. The maximum Gasteiger partial charge on any atom is 0.338 e. The normalized spacial score (nSPS) is 10.5. The van der Waals surface area contributed by atoms with E-state index < -0.39 is 17.9 Å². The van der Waals surface area contributed by atoms with Crippen LogP contribution >= 0.6 is 0 Å². The second kappa shape index (κ2) is 12.0. The monoisotopic (exact) mass is 456 g/mol. The van der Waals surface area contributed by atoms with Crippen molar-refractivity contribution < 1.29 is 28.6 Å². The molecule has 0 fully saturated rings. The Labute approximate surface area is 198 Å². The van der Waals surface area contributed by atoms with Crippen LogP contribution in [0.5, 0.6) is 5.75 Å². The molecule has 0 spiro atoms. The van der Waals surface area contributed by atoms with Crippen LogP contribution in [0.1, 0.15) is 22.8 Å². The van der Waals surface area contributed by atoms with E-state index in [0.29, 0.717) is 5.75 Å². The Kier molecular flexibility index (Phi) is 8.52. The van der Waals surface area contributed by atoms with E-state index in [-0.39, 0.29) is 24.4 Å². The summed E-state index contributed by atoms with van der Waals surface area (Å²) in [5, 5.41) is 0. The van der Waals surface area contributed by atoms with Gasteiger partial charge in [0.15, 0.2) is 0 Å². The summed E-state index contributed by atoms with van der Waals surface area (Å²) in [6.45, 7) is 4.85. The molecule has 0 aliphatic carbocycles. The zero-order valence-corrected chi connectivity index (χ0v) is 18.7. The molecule has 3 aromatic rings. The largest absolute Gasteiger partial charge is 0.459 e. The highest BCUT2D eigenvalue weighted by Gasteiger charge is 2.09. The SMILES string of the molecule is C=C(C)C(=O)OCCOC(=O)c1ccc(OC(=O)C=Cc2ccc(-c3ccccc3)cc2)cc1. The van der Waals surface area contributed by atoms with Crippen LogP contribution in [-0.2, 0) is 19.1 Å². The Hall–Kier alpha value is -4.45. The van der Waals surface area contributed by atoms with Gasteiger partial charge in [-0.1, -0.05) is 61.2 Å². The zero-order chi connectivity index (χ0) is 24.3. The van der Waals surface area contributed by atoms with Crippen LogP contribution in [0, 0.1) is 0 Å². The molecular weight excluding hydrogens is 432 g/mol. The molecule has 0 radical (unpaired) electrons. The highest BCUT2D eigenvalue weighted by molar-refractivity contribution is 5.91. The molecule has 0 N–H and O–H groups in total.